The van der Waals surface area contributed by atoms with Gasteiger partial charge in [-0.05, 0) is 24.6 Å². The van der Waals surface area contributed by atoms with E-state index in [9.17, 15) is 19.2 Å². The largest absolute Gasteiger partial charge is 0.465 e. The third-order valence-corrected chi connectivity index (χ3v) is 4.53. The Labute approximate surface area is 161 Å². The molecule has 1 aliphatic heterocycles. The summed E-state index contributed by atoms with van der Waals surface area (Å²) in [6, 6.07) is 14.4. The number of hydrogen-bond acceptors (Lipinski definition) is 5. The Morgan fingerprint density at radius 1 is 1.07 bits per heavy atom. The quantitative estimate of drug-likeness (QED) is 0.608. The molecule has 2 aromatic carbocycles. The highest BCUT2D eigenvalue weighted by atomic mass is 16.5. The number of benzene rings is 2. The van der Waals surface area contributed by atoms with Gasteiger partial charge in [-0.25, -0.2) is 9.59 Å². The van der Waals surface area contributed by atoms with Crippen molar-refractivity contribution in [3.05, 3.63) is 65.7 Å². The topological polar surface area (TPSA) is 105 Å². The Hall–Kier alpha value is -3.68. The van der Waals surface area contributed by atoms with Crippen molar-refractivity contribution in [2.45, 2.75) is 12.5 Å². The molecule has 28 heavy (non-hydrogen) atoms. The molecule has 0 saturated carbocycles. The van der Waals surface area contributed by atoms with Crippen LogP contribution in [0.25, 0.3) is 0 Å². The van der Waals surface area contributed by atoms with Gasteiger partial charge in [0.2, 0.25) is 5.91 Å². The van der Waals surface area contributed by atoms with Crippen molar-refractivity contribution in [2.24, 2.45) is 0 Å². The lowest BCUT2D eigenvalue weighted by atomic mass is 9.92. The Bertz CT molecular complexity index is 944. The summed E-state index contributed by atoms with van der Waals surface area (Å²) in [7, 11) is 1.23. The third-order valence-electron chi connectivity index (χ3n) is 4.53. The van der Waals surface area contributed by atoms with Crippen LogP contribution in [0.1, 0.15) is 22.8 Å². The minimum atomic E-state index is -1.25. The van der Waals surface area contributed by atoms with E-state index in [0.717, 1.165) is 4.90 Å². The van der Waals surface area contributed by atoms with E-state index < -0.39 is 35.9 Å². The molecule has 0 spiro atoms. The van der Waals surface area contributed by atoms with E-state index in [4.69, 9.17) is 0 Å². The van der Waals surface area contributed by atoms with Crippen molar-refractivity contribution in [1.29, 1.82) is 0 Å². The standard InChI is InChI=1S/C20H19N3O5/c1-20(13-8-4-3-5-9-13)18(26)23(19(27)22-20)12-16(24)21-15-11-7-6-10-14(15)17(25)28-2/h3-11H,12H2,1-2H3,(H,21,24)(H,22,27)/t20-/m0/s1. The summed E-state index contributed by atoms with van der Waals surface area (Å²) in [5.74, 6) is -1.75. The van der Waals surface area contributed by atoms with E-state index >= 15 is 0 Å². The van der Waals surface area contributed by atoms with Crippen LogP contribution in [0.5, 0.6) is 0 Å². The molecule has 4 amide bonds. The number of carbonyl (C=O) groups excluding carboxylic acids is 4. The SMILES string of the molecule is COC(=O)c1ccccc1NC(=O)CN1C(=O)N[C@@](C)(c2ccccc2)C1=O. The fraction of sp³-hybridized carbons (Fsp3) is 0.200. The van der Waals surface area contributed by atoms with Gasteiger partial charge in [-0.1, -0.05) is 42.5 Å². The van der Waals surface area contributed by atoms with Crippen molar-refractivity contribution >= 4 is 29.5 Å². The van der Waals surface area contributed by atoms with E-state index in [1.807, 2.05) is 0 Å². The Morgan fingerprint density at radius 2 is 1.71 bits per heavy atom. The van der Waals surface area contributed by atoms with Crippen LogP contribution >= 0.6 is 0 Å². The van der Waals surface area contributed by atoms with Crippen LogP contribution < -0.4 is 10.6 Å². The second kappa shape index (κ2) is 7.51. The monoisotopic (exact) mass is 381 g/mol. The molecular weight excluding hydrogens is 362 g/mol. The van der Waals surface area contributed by atoms with E-state index in [0.29, 0.717) is 5.56 Å². The highest BCUT2D eigenvalue weighted by Gasteiger charge is 2.49. The van der Waals surface area contributed by atoms with Crippen LogP contribution in [0.4, 0.5) is 10.5 Å². The van der Waals surface area contributed by atoms with Crippen LogP contribution in [0.2, 0.25) is 0 Å². The molecule has 0 unspecified atom stereocenters. The van der Waals surface area contributed by atoms with Crippen LogP contribution in [0, 0.1) is 0 Å². The minimum Gasteiger partial charge on any atom is -0.465 e. The fourth-order valence-corrected chi connectivity index (χ4v) is 3.02. The first kappa shape index (κ1) is 19.1. The number of urea groups is 1. The lowest BCUT2D eigenvalue weighted by molar-refractivity contribution is -0.133. The maximum Gasteiger partial charge on any atom is 0.339 e. The molecule has 1 heterocycles. The Morgan fingerprint density at radius 3 is 2.39 bits per heavy atom. The molecular formula is C20H19N3O5. The summed E-state index contributed by atoms with van der Waals surface area (Å²) >= 11 is 0. The van der Waals surface area contributed by atoms with Gasteiger partial charge in [-0.15, -0.1) is 0 Å². The number of nitrogens with one attached hydrogen (secondary N) is 2. The number of imide groups is 1. The van der Waals surface area contributed by atoms with Gasteiger partial charge < -0.3 is 15.4 Å². The van der Waals surface area contributed by atoms with Crippen molar-refractivity contribution < 1.29 is 23.9 Å². The predicted molar refractivity (Wildman–Crippen MR) is 100 cm³/mol. The summed E-state index contributed by atoms with van der Waals surface area (Å²) in [5.41, 5.74) is -0.225. The van der Waals surface area contributed by atoms with Crippen molar-refractivity contribution in [2.75, 3.05) is 19.0 Å². The zero-order chi connectivity index (χ0) is 20.3. The maximum atomic E-state index is 12.8. The number of nitrogens with zero attached hydrogens (tertiary/aromatic N) is 1. The Balaban J connectivity index is 1.76. The number of carbonyl (C=O) groups is 4. The number of hydrogen-bond donors (Lipinski definition) is 2. The van der Waals surface area contributed by atoms with Crippen molar-refractivity contribution in [3.63, 3.8) is 0 Å². The first-order chi connectivity index (χ1) is 13.4. The second-order valence-corrected chi connectivity index (χ2v) is 6.40. The van der Waals surface area contributed by atoms with E-state index in [1.54, 1.807) is 49.4 Å². The molecule has 1 aliphatic rings. The number of ether oxygens (including phenoxy) is 1. The molecule has 1 atom stereocenters. The molecule has 0 radical (unpaired) electrons. The van der Waals surface area contributed by atoms with Gasteiger partial charge in [-0.2, -0.15) is 0 Å². The molecule has 1 saturated heterocycles. The van der Waals surface area contributed by atoms with E-state index in [2.05, 4.69) is 15.4 Å². The van der Waals surface area contributed by atoms with E-state index in [-0.39, 0.29) is 11.3 Å². The second-order valence-electron chi connectivity index (χ2n) is 6.40. The lowest BCUT2D eigenvalue weighted by Gasteiger charge is -2.22. The van der Waals surface area contributed by atoms with Gasteiger partial charge in [0.05, 0.1) is 18.4 Å². The fourth-order valence-electron chi connectivity index (χ4n) is 3.02. The molecule has 1 fully saturated rings. The lowest BCUT2D eigenvalue weighted by Crippen LogP contribution is -2.42. The zero-order valence-electron chi connectivity index (χ0n) is 15.4. The summed E-state index contributed by atoms with van der Waals surface area (Å²) in [6.07, 6.45) is 0. The maximum absolute atomic E-state index is 12.8. The van der Waals surface area contributed by atoms with E-state index in [1.165, 1.54) is 19.2 Å². The van der Waals surface area contributed by atoms with Gasteiger partial charge in [0.1, 0.15) is 12.1 Å². The minimum absolute atomic E-state index is 0.171. The molecule has 0 aliphatic carbocycles. The molecule has 2 N–H and O–H groups in total. The molecule has 8 heteroatoms. The van der Waals surface area contributed by atoms with Crippen LogP contribution in [0.3, 0.4) is 0 Å². The number of amides is 4. The van der Waals surface area contributed by atoms with Gasteiger partial charge in [0.15, 0.2) is 0 Å². The summed E-state index contributed by atoms with van der Waals surface area (Å²) in [5, 5.41) is 5.18. The summed E-state index contributed by atoms with van der Waals surface area (Å²) in [6.45, 7) is 1.11. The molecule has 144 valence electrons. The smallest absolute Gasteiger partial charge is 0.339 e. The number of para-hydroxylation sites is 1. The number of anilines is 1. The molecule has 8 nitrogen and oxygen atoms in total. The highest BCUT2D eigenvalue weighted by molar-refractivity contribution is 6.10. The van der Waals surface area contributed by atoms with Crippen LogP contribution in [-0.2, 0) is 19.9 Å². The molecule has 2 aromatic rings. The zero-order valence-corrected chi connectivity index (χ0v) is 15.4. The van der Waals surface area contributed by atoms with Crippen molar-refractivity contribution in [1.82, 2.24) is 10.2 Å². The molecule has 0 bridgehead atoms. The number of rotatable bonds is 5. The summed E-state index contributed by atoms with van der Waals surface area (Å²) in [4.78, 5) is 50.2. The van der Waals surface area contributed by atoms with Crippen molar-refractivity contribution in [3.8, 4) is 0 Å². The summed E-state index contributed by atoms with van der Waals surface area (Å²) < 4.78 is 4.68. The Kier molecular flexibility index (Phi) is 5.12. The number of methoxy groups -OCH3 is 1. The average Bonchev–Trinajstić information content (AvgIpc) is 2.92. The molecule has 0 aromatic heterocycles. The average molecular weight is 381 g/mol. The first-order valence-corrected chi connectivity index (χ1v) is 8.53. The van der Waals surface area contributed by atoms with Gasteiger partial charge >= 0.3 is 12.0 Å². The normalized spacial score (nSPS) is 18.6. The predicted octanol–water partition coefficient (Wildman–Crippen LogP) is 1.88. The van der Waals surface area contributed by atoms with Gasteiger partial charge in [-0.3, -0.25) is 14.5 Å². The first-order valence-electron chi connectivity index (χ1n) is 8.53. The number of esters is 1. The molecule has 3 rings (SSSR count). The van der Waals surface area contributed by atoms with Gasteiger partial charge in [0.25, 0.3) is 5.91 Å². The van der Waals surface area contributed by atoms with Crippen LogP contribution in [-0.4, -0.2) is 42.4 Å². The van der Waals surface area contributed by atoms with Gasteiger partial charge in [0, 0.05) is 0 Å². The van der Waals surface area contributed by atoms with Crippen LogP contribution in [0.15, 0.2) is 54.6 Å². The highest BCUT2D eigenvalue weighted by Crippen LogP contribution is 2.28. The third kappa shape index (κ3) is 3.44.